The number of imidazole rings is 1. The number of rotatable bonds is 6. The number of methoxy groups -OCH3 is 1. The van der Waals surface area contributed by atoms with Crippen LogP contribution in [0.3, 0.4) is 0 Å². The Morgan fingerprint density at radius 1 is 1.06 bits per heavy atom. The molecule has 184 valence electrons. The summed E-state index contributed by atoms with van der Waals surface area (Å²) >= 11 is 6.11. The van der Waals surface area contributed by atoms with Crippen molar-refractivity contribution in [2.75, 3.05) is 12.4 Å². The van der Waals surface area contributed by atoms with Crippen LogP contribution in [0.1, 0.15) is 30.8 Å². The molecule has 3 aromatic heterocycles. The Bertz CT molecular complexity index is 1560. The Labute approximate surface area is 214 Å². The molecule has 5 rings (SSSR count). The average molecular weight is 503 g/mol. The molecule has 0 spiro atoms. The quantitative estimate of drug-likeness (QED) is 0.303. The lowest BCUT2D eigenvalue weighted by Gasteiger charge is -2.22. The molecular formula is C27H27ClN6O2. The SMILES string of the molecule is COc1cc(Nc2nc3c(-c4ccc(Cl)cc4)cc(C)c(C(C)(C)O)n3n2)ccc1-n1cnc(C)c1. The lowest BCUT2D eigenvalue weighted by atomic mass is 9.96. The molecule has 0 aliphatic heterocycles. The Kier molecular flexibility index (Phi) is 5.94. The molecule has 0 fully saturated rings. The van der Waals surface area contributed by atoms with Gasteiger partial charge in [0.1, 0.15) is 11.4 Å². The summed E-state index contributed by atoms with van der Waals surface area (Å²) in [5.41, 5.74) is 5.46. The third kappa shape index (κ3) is 4.41. The molecular weight excluding hydrogens is 476 g/mol. The third-order valence-electron chi connectivity index (χ3n) is 5.95. The van der Waals surface area contributed by atoms with E-state index in [0.717, 1.165) is 33.8 Å². The first-order valence-electron chi connectivity index (χ1n) is 11.5. The van der Waals surface area contributed by atoms with Gasteiger partial charge in [0.25, 0.3) is 0 Å². The topological polar surface area (TPSA) is 89.5 Å². The standard InChI is InChI=1S/C27H27ClN6O2/c1-16-12-21(18-6-8-19(28)9-7-18)25-31-26(32-34(25)24(16)27(3,4)35)30-20-10-11-22(23(13-20)36-5)33-14-17(2)29-15-33/h6-15,35H,1-5H3,(H,30,32). The van der Waals surface area contributed by atoms with Gasteiger partial charge in [0.05, 0.1) is 30.5 Å². The van der Waals surface area contributed by atoms with E-state index in [2.05, 4.69) is 10.3 Å². The monoisotopic (exact) mass is 502 g/mol. The summed E-state index contributed by atoms with van der Waals surface area (Å²) in [5, 5.41) is 19.6. The van der Waals surface area contributed by atoms with Gasteiger partial charge in [0, 0.05) is 28.5 Å². The Morgan fingerprint density at radius 3 is 2.44 bits per heavy atom. The van der Waals surface area contributed by atoms with E-state index in [1.807, 2.05) is 73.1 Å². The highest BCUT2D eigenvalue weighted by Crippen LogP contribution is 2.34. The highest BCUT2D eigenvalue weighted by Gasteiger charge is 2.26. The van der Waals surface area contributed by atoms with Crippen LogP contribution in [0.2, 0.25) is 5.02 Å². The maximum atomic E-state index is 10.9. The van der Waals surface area contributed by atoms with Crippen molar-refractivity contribution in [3.8, 4) is 22.6 Å². The fourth-order valence-corrected chi connectivity index (χ4v) is 4.57. The number of pyridine rings is 1. The fraction of sp³-hybridized carbons (Fsp3) is 0.222. The van der Waals surface area contributed by atoms with Crippen LogP contribution in [-0.4, -0.2) is 36.4 Å². The number of halogens is 1. The minimum Gasteiger partial charge on any atom is -0.494 e. The molecule has 0 aliphatic carbocycles. The van der Waals surface area contributed by atoms with E-state index >= 15 is 0 Å². The van der Waals surface area contributed by atoms with Crippen LogP contribution in [0.15, 0.2) is 61.1 Å². The average Bonchev–Trinajstić information content (AvgIpc) is 3.44. The highest BCUT2D eigenvalue weighted by molar-refractivity contribution is 6.30. The smallest absolute Gasteiger partial charge is 0.247 e. The second kappa shape index (κ2) is 8.96. The summed E-state index contributed by atoms with van der Waals surface area (Å²) in [5.74, 6) is 1.07. The van der Waals surface area contributed by atoms with E-state index in [-0.39, 0.29) is 0 Å². The zero-order valence-electron chi connectivity index (χ0n) is 20.7. The van der Waals surface area contributed by atoms with E-state index < -0.39 is 5.60 Å². The molecule has 0 aliphatic rings. The van der Waals surface area contributed by atoms with Crippen molar-refractivity contribution in [1.82, 2.24) is 24.1 Å². The summed E-state index contributed by atoms with van der Waals surface area (Å²) in [6.07, 6.45) is 3.69. The van der Waals surface area contributed by atoms with Crippen molar-refractivity contribution in [2.45, 2.75) is 33.3 Å². The van der Waals surface area contributed by atoms with E-state index in [4.69, 9.17) is 26.4 Å². The minimum absolute atomic E-state index is 0.398. The molecule has 36 heavy (non-hydrogen) atoms. The van der Waals surface area contributed by atoms with Crippen molar-refractivity contribution in [3.05, 3.63) is 83.0 Å². The van der Waals surface area contributed by atoms with Crippen LogP contribution in [0, 0.1) is 13.8 Å². The molecule has 0 radical (unpaired) electrons. The van der Waals surface area contributed by atoms with Crippen molar-refractivity contribution >= 4 is 28.9 Å². The molecule has 0 saturated carbocycles. The summed E-state index contributed by atoms with van der Waals surface area (Å²) in [4.78, 5) is 9.10. The molecule has 8 nitrogen and oxygen atoms in total. The van der Waals surface area contributed by atoms with Gasteiger partial charge in [-0.1, -0.05) is 23.7 Å². The van der Waals surface area contributed by atoms with Gasteiger partial charge >= 0.3 is 0 Å². The highest BCUT2D eigenvalue weighted by atomic mass is 35.5. The van der Waals surface area contributed by atoms with Gasteiger partial charge in [0.2, 0.25) is 5.95 Å². The van der Waals surface area contributed by atoms with Gasteiger partial charge in [-0.2, -0.15) is 4.98 Å². The van der Waals surface area contributed by atoms with Crippen molar-refractivity contribution in [2.24, 2.45) is 0 Å². The number of ether oxygens (including phenoxy) is 1. The number of nitrogens with zero attached hydrogens (tertiary/aromatic N) is 5. The number of fused-ring (bicyclic) bond motifs is 1. The molecule has 0 bridgehead atoms. The molecule has 5 aromatic rings. The second-order valence-corrected chi connectivity index (χ2v) is 9.70. The summed E-state index contributed by atoms with van der Waals surface area (Å²) < 4.78 is 9.26. The zero-order chi connectivity index (χ0) is 25.6. The number of aliphatic hydroxyl groups is 1. The Hall–Kier alpha value is -3.88. The van der Waals surface area contributed by atoms with Crippen LogP contribution in [0.5, 0.6) is 5.75 Å². The number of nitrogens with one attached hydrogen (secondary N) is 1. The molecule has 3 heterocycles. The summed E-state index contributed by atoms with van der Waals surface area (Å²) in [6.45, 7) is 7.39. The molecule has 0 amide bonds. The molecule has 2 N–H and O–H groups in total. The number of hydrogen-bond donors (Lipinski definition) is 2. The normalized spacial score (nSPS) is 11.8. The number of benzene rings is 2. The van der Waals surface area contributed by atoms with Gasteiger partial charge in [0.15, 0.2) is 5.65 Å². The predicted octanol–water partition coefficient (Wildman–Crippen LogP) is 5.83. The Morgan fingerprint density at radius 2 is 1.81 bits per heavy atom. The number of aryl methyl sites for hydroxylation is 2. The Balaban J connectivity index is 1.60. The van der Waals surface area contributed by atoms with Crippen molar-refractivity contribution in [1.29, 1.82) is 0 Å². The van der Waals surface area contributed by atoms with Crippen LogP contribution in [0.4, 0.5) is 11.6 Å². The van der Waals surface area contributed by atoms with Gasteiger partial charge in [-0.3, -0.25) is 0 Å². The third-order valence-corrected chi connectivity index (χ3v) is 6.21. The number of hydrogen-bond acceptors (Lipinski definition) is 6. The molecule has 0 unspecified atom stereocenters. The van der Waals surface area contributed by atoms with Gasteiger partial charge in [-0.15, -0.1) is 5.10 Å². The van der Waals surface area contributed by atoms with Crippen LogP contribution < -0.4 is 10.1 Å². The summed E-state index contributed by atoms with van der Waals surface area (Å²) in [7, 11) is 1.63. The van der Waals surface area contributed by atoms with E-state index in [1.165, 1.54) is 0 Å². The van der Waals surface area contributed by atoms with Crippen LogP contribution in [-0.2, 0) is 5.60 Å². The first-order chi connectivity index (χ1) is 17.1. The molecule has 0 saturated heterocycles. The van der Waals surface area contributed by atoms with Gasteiger partial charge < -0.3 is 19.7 Å². The van der Waals surface area contributed by atoms with Gasteiger partial charge in [-0.05, 0) is 69.2 Å². The number of aromatic nitrogens is 5. The van der Waals surface area contributed by atoms with Crippen molar-refractivity contribution in [3.63, 3.8) is 0 Å². The van der Waals surface area contributed by atoms with Gasteiger partial charge in [-0.25, -0.2) is 9.50 Å². The lowest BCUT2D eigenvalue weighted by Crippen LogP contribution is -2.22. The lowest BCUT2D eigenvalue weighted by molar-refractivity contribution is 0.0707. The fourth-order valence-electron chi connectivity index (χ4n) is 4.45. The largest absolute Gasteiger partial charge is 0.494 e. The first-order valence-corrected chi connectivity index (χ1v) is 11.9. The predicted molar refractivity (Wildman–Crippen MR) is 142 cm³/mol. The molecule has 2 aromatic carbocycles. The molecule has 9 heteroatoms. The zero-order valence-corrected chi connectivity index (χ0v) is 21.5. The summed E-state index contributed by atoms with van der Waals surface area (Å²) in [6, 6.07) is 15.4. The van der Waals surface area contributed by atoms with E-state index in [0.29, 0.717) is 28.1 Å². The molecule has 0 atom stereocenters. The minimum atomic E-state index is -1.13. The van der Waals surface area contributed by atoms with E-state index in [9.17, 15) is 5.11 Å². The number of anilines is 2. The van der Waals surface area contributed by atoms with Crippen LogP contribution >= 0.6 is 11.6 Å². The maximum Gasteiger partial charge on any atom is 0.247 e. The first kappa shape index (κ1) is 23.8. The van der Waals surface area contributed by atoms with Crippen molar-refractivity contribution < 1.29 is 9.84 Å². The second-order valence-electron chi connectivity index (χ2n) is 9.26. The van der Waals surface area contributed by atoms with Crippen LogP contribution in [0.25, 0.3) is 22.5 Å². The maximum absolute atomic E-state index is 10.9. The van der Waals surface area contributed by atoms with E-state index in [1.54, 1.807) is 31.8 Å².